The van der Waals surface area contributed by atoms with Gasteiger partial charge in [0.05, 0.1) is 11.8 Å². The Morgan fingerprint density at radius 3 is 2.43 bits per heavy atom. The fourth-order valence-corrected chi connectivity index (χ4v) is 3.47. The number of aliphatic carboxylic acids is 2. The second kappa shape index (κ2) is 5.02. The van der Waals surface area contributed by atoms with Crippen LogP contribution < -0.4 is 0 Å². The van der Waals surface area contributed by atoms with E-state index in [1.807, 2.05) is 18.2 Å². The number of hydrogen-bond acceptors (Lipinski definition) is 2. The summed E-state index contributed by atoms with van der Waals surface area (Å²) in [6.45, 7) is 0. The Morgan fingerprint density at radius 1 is 1.29 bits per heavy atom. The van der Waals surface area contributed by atoms with Gasteiger partial charge < -0.3 is 10.2 Å². The van der Waals surface area contributed by atoms with Crippen molar-refractivity contribution in [3.05, 3.63) is 47.6 Å². The van der Waals surface area contributed by atoms with Gasteiger partial charge in [-0.2, -0.15) is 0 Å². The molecule has 0 aromatic rings. The fraction of sp³-hybridized carbons (Fsp3) is 0.412. The number of fused-ring (bicyclic) bond motifs is 4. The number of allylic oxidation sites excluding steroid dienone is 6. The largest absolute Gasteiger partial charge is 0.481 e. The van der Waals surface area contributed by atoms with E-state index in [4.69, 9.17) is 10.2 Å². The topological polar surface area (TPSA) is 74.6 Å². The second-order valence-corrected chi connectivity index (χ2v) is 6.16. The molecule has 4 bridgehead atoms. The summed E-state index contributed by atoms with van der Waals surface area (Å²) < 4.78 is 0. The summed E-state index contributed by atoms with van der Waals surface area (Å²) in [5.41, 5.74) is 1.74. The number of carboxylic acid groups (broad SMARTS) is 2. The Kier molecular flexibility index (Phi) is 3.32. The average Bonchev–Trinajstić information content (AvgIpc) is 3.19. The van der Waals surface area contributed by atoms with Crippen LogP contribution in [0.4, 0.5) is 0 Å². The second-order valence-electron chi connectivity index (χ2n) is 6.16. The summed E-state index contributed by atoms with van der Waals surface area (Å²) in [4.78, 5) is 21.1. The molecule has 110 valence electrons. The summed E-state index contributed by atoms with van der Waals surface area (Å²) in [5, 5.41) is 17.3. The van der Waals surface area contributed by atoms with Crippen LogP contribution in [0.1, 0.15) is 25.7 Å². The van der Waals surface area contributed by atoms with E-state index >= 15 is 0 Å². The Morgan fingerprint density at radius 2 is 2.10 bits per heavy atom. The highest BCUT2D eigenvalue weighted by atomic mass is 16.4. The van der Waals surface area contributed by atoms with Gasteiger partial charge in [0.2, 0.25) is 0 Å². The van der Waals surface area contributed by atoms with Gasteiger partial charge in [-0.25, -0.2) is 0 Å². The Hall–Kier alpha value is -2.10. The lowest BCUT2D eigenvalue weighted by Crippen LogP contribution is -2.23. The minimum Gasteiger partial charge on any atom is -0.481 e. The van der Waals surface area contributed by atoms with Crippen LogP contribution >= 0.6 is 0 Å². The molecule has 0 saturated carbocycles. The van der Waals surface area contributed by atoms with Gasteiger partial charge >= 0.3 is 11.9 Å². The van der Waals surface area contributed by atoms with E-state index in [1.165, 1.54) is 5.57 Å². The maximum absolute atomic E-state index is 10.7. The van der Waals surface area contributed by atoms with Crippen molar-refractivity contribution in [2.24, 2.45) is 17.3 Å². The van der Waals surface area contributed by atoms with Gasteiger partial charge in [0, 0.05) is 0 Å². The molecule has 3 unspecified atom stereocenters. The van der Waals surface area contributed by atoms with Gasteiger partial charge in [-0.1, -0.05) is 47.6 Å². The number of rotatable bonds is 3. The summed E-state index contributed by atoms with van der Waals surface area (Å²) in [6, 6.07) is 0. The molecule has 0 heterocycles. The van der Waals surface area contributed by atoms with Crippen molar-refractivity contribution in [2.45, 2.75) is 25.7 Å². The van der Waals surface area contributed by atoms with E-state index in [0.717, 1.165) is 12.0 Å². The zero-order valence-electron chi connectivity index (χ0n) is 11.7. The van der Waals surface area contributed by atoms with Gasteiger partial charge in [0.1, 0.15) is 0 Å². The van der Waals surface area contributed by atoms with Crippen molar-refractivity contribution in [1.29, 1.82) is 0 Å². The predicted molar refractivity (Wildman–Crippen MR) is 77.6 cm³/mol. The quantitative estimate of drug-likeness (QED) is 0.782. The molecular formula is C17H18O4. The zero-order valence-corrected chi connectivity index (χ0v) is 11.7. The van der Waals surface area contributed by atoms with E-state index in [9.17, 15) is 9.59 Å². The number of hydrogen-bond donors (Lipinski definition) is 2. The maximum Gasteiger partial charge on any atom is 0.314 e. The van der Waals surface area contributed by atoms with Gasteiger partial charge in [0.25, 0.3) is 0 Å². The van der Waals surface area contributed by atoms with Gasteiger partial charge in [0.15, 0.2) is 0 Å². The minimum absolute atomic E-state index is 0.228. The van der Waals surface area contributed by atoms with E-state index in [-0.39, 0.29) is 6.42 Å². The van der Waals surface area contributed by atoms with Crippen molar-refractivity contribution in [3.63, 3.8) is 0 Å². The highest BCUT2D eigenvalue weighted by molar-refractivity contribution is 5.80. The van der Waals surface area contributed by atoms with Gasteiger partial charge in [-0.05, 0) is 31.1 Å². The molecule has 21 heavy (non-hydrogen) atoms. The van der Waals surface area contributed by atoms with Gasteiger partial charge in [-0.15, -0.1) is 0 Å². The van der Waals surface area contributed by atoms with Gasteiger partial charge in [-0.3, -0.25) is 9.59 Å². The molecule has 4 heteroatoms. The smallest absolute Gasteiger partial charge is 0.314 e. The first-order chi connectivity index (χ1) is 9.98. The van der Waals surface area contributed by atoms with Crippen molar-refractivity contribution < 1.29 is 19.8 Å². The molecule has 0 amide bonds. The Balaban J connectivity index is 0.000000126. The van der Waals surface area contributed by atoms with Crippen molar-refractivity contribution in [1.82, 2.24) is 0 Å². The predicted octanol–water partition coefficient (Wildman–Crippen LogP) is 2.94. The van der Waals surface area contributed by atoms with Crippen LogP contribution in [0, 0.1) is 17.3 Å². The highest BCUT2D eigenvalue weighted by Gasteiger charge is 2.42. The highest BCUT2D eigenvalue weighted by Crippen LogP contribution is 2.45. The van der Waals surface area contributed by atoms with Crippen molar-refractivity contribution in [3.8, 4) is 0 Å². The molecule has 0 spiro atoms. The van der Waals surface area contributed by atoms with Crippen LogP contribution in [0.25, 0.3) is 0 Å². The first-order valence-corrected chi connectivity index (χ1v) is 7.21. The lowest BCUT2D eigenvalue weighted by molar-refractivity contribution is -0.145. The molecular weight excluding hydrogens is 268 g/mol. The molecule has 0 saturated heterocycles. The summed E-state index contributed by atoms with van der Waals surface area (Å²) in [7, 11) is 0. The molecule has 2 N–H and O–H groups in total. The third-order valence-corrected chi connectivity index (χ3v) is 4.67. The molecule has 0 fully saturated rings. The normalized spacial score (nSPS) is 33.5. The van der Waals surface area contributed by atoms with Crippen LogP contribution in [-0.2, 0) is 9.59 Å². The van der Waals surface area contributed by atoms with Crippen molar-refractivity contribution >= 4 is 11.9 Å². The molecule has 3 atom stereocenters. The molecule has 0 aromatic heterocycles. The molecule has 4 aliphatic rings. The summed E-state index contributed by atoms with van der Waals surface area (Å²) in [6.07, 6.45) is 14.9. The molecule has 4 rings (SSSR count). The maximum atomic E-state index is 10.7. The molecule has 0 aromatic carbocycles. The third-order valence-electron chi connectivity index (χ3n) is 4.67. The lowest BCUT2D eigenvalue weighted by Gasteiger charge is -2.15. The molecule has 4 nitrogen and oxygen atoms in total. The van der Waals surface area contributed by atoms with Crippen LogP contribution in [-0.4, -0.2) is 22.2 Å². The third kappa shape index (κ3) is 2.58. The van der Waals surface area contributed by atoms with Crippen molar-refractivity contribution in [2.75, 3.05) is 0 Å². The minimum atomic E-state index is -0.711. The monoisotopic (exact) mass is 286 g/mol. The fourth-order valence-electron chi connectivity index (χ4n) is 3.47. The van der Waals surface area contributed by atoms with Crippen LogP contribution in [0.15, 0.2) is 47.6 Å². The SMILES string of the molecule is O=C(O)C12C=CC(=CC1)C2.O=C(O)CC1=CC2C=CC1C2. The van der Waals surface area contributed by atoms with E-state index in [2.05, 4.69) is 18.2 Å². The van der Waals surface area contributed by atoms with Crippen LogP contribution in [0.2, 0.25) is 0 Å². The Labute approximate surface area is 123 Å². The van der Waals surface area contributed by atoms with E-state index < -0.39 is 17.4 Å². The molecule has 4 aliphatic carbocycles. The van der Waals surface area contributed by atoms with E-state index in [1.54, 1.807) is 0 Å². The Bertz CT molecular complexity index is 608. The standard InChI is InChI=1S/C9H10O2.C8H8O2/c10-9(11)5-8-4-6-1-2-7(8)3-6;9-7(10)8-3-1-6(5-8)2-4-8/h1-2,4,6-7H,3,5H2,(H,10,11);1-3H,4-5H2,(H,9,10). The van der Waals surface area contributed by atoms with Crippen LogP contribution in [0.5, 0.6) is 0 Å². The summed E-state index contributed by atoms with van der Waals surface area (Å²) in [5.74, 6) is -0.421. The van der Waals surface area contributed by atoms with Crippen LogP contribution in [0.3, 0.4) is 0 Å². The molecule has 0 aliphatic heterocycles. The summed E-state index contributed by atoms with van der Waals surface area (Å²) >= 11 is 0. The first-order valence-electron chi connectivity index (χ1n) is 7.21. The first kappa shape index (κ1) is 13.9. The number of carboxylic acids is 2. The number of carbonyl (C=O) groups is 2. The van der Waals surface area contributed by atoms with E-state index in [0.29, 0.717) is 24.7 Å². The molecule has 0 radical (unpaired) electrons. The average molecular weight is 286 g/mol. The zero-order chi connectivity index (χ0) is 15.0. The lowest BCUT2D eigenvalue weighted by atomic mass is 9.88.